The van der Waals surface area contributed by atoms with E-state index in [-0.39, 0.29) is 38.4 Å². The molecule has 0 aliphatic carbocycles. The van der Waals surface area contributed by atoms with Gasteiger partial charge in [-0.25, -0.2) is 0 Å². The van der Waals surface area contributed by atoms with E-state index in [1.165, 1.54) is 6.42 Å². The van der Waals surface area contributed by atoms with Crippen molar-refractivity contribution < 1.29 is 41.9 Å². The normalized spacial score (nSPS) is 20.3. The molecule has 48 heavy (non-hydrogen) atoms. The van der Waals surface area contributed by atoms with Gasteiger partial charge in [0.15, 0.2) is 5.60 Å². The minimum Gasteiger partial charge on any atom is -0.454 e. The van der Waals surface area contributed by atoms with Crippen molar-refractivity contribution in [1.29, 1.82) is 0 Å². The Bertz CT molecular complexity index is 851. The van der Waals surface area contributed by atoms with E-state index in [0.29, 0.717) is 43.9 Å². The van der Waals surface area contributed by atoms with Crippen LogP contribution in [0.1, 0.15) is 176 Å². The van der Waals surface area contributed by atoms with Crippen molar-refractivity contribution in [3.05, 3.63) is 0 Å². The van der Waals surface area contributed by atoms with Crippen LogP contribution in [0.15, 0.2) is 0 Å². The molecule has 282 valence electrons. The molecule has 1 heterocycles. The van der Waals surface area contributed by atoms with Gasteiger partial charge in [-0.2, -0.15) is 12.6 Å². The molecule has 11 heteroatoms. The summed E-state index contributed by atoms with van der Waals surface area (Å²) in [5.41, 5.74) is -0.902. The fourth-order valence-electron chi connectivity index (χ4n) is 5.84. The molecule has 1 unspecified atom stereocenters. The fraction of sp³-hybridized carbons (Fsp3) is 0.919. The number of unbranched alkanes of at least 4 members (excludes halogenated alkanes) is 12. The van der Waals surface area contributed by atoms with Crippen molar-refractivity contribution in [1.82, 2.24) is 0 Å². The van der Waals surface area contributed by atoms with Crippen LogP contribution in [-0.2, 0) is 41.9 Å². The Morgan fingerprint density at radius 1 is 0.688 bits per heavy atom. The Morgan fingerprint density at radius 2 is 1.12 bits per heavy atom. The molecule has 1 aliphatic heterocycles. The molecule has 1 atom stereocenters. The molecule has 0 bridgehead atoms. The predicted molar refractivity (Wildman–Crippen MR) is 196 cm³/mol. The molecule has 1 saturated heterocycles. The molecule has 0 aromatic carbocycles. The van der Waals surface area contributed by atoms with Crippen LogP contribution in [0, 0.1) is 0 Å². The van der Waals surface area contributed by atoms with Crippen LogP contribution in [-0.4, -0.2) is 63.2 Å². The summed E-state index contributed by atoms with van der Waals surface area (Å²) < 4.78 is 37.7. The van der Waals surface area contributed by atoms with Crippen molar-refractivity contribution in [3.8, 4) is 0 Å². The molecule has 0 aromatic rings. The molecular weight excluding hydrogens is 649 g/mol. The molecule has 1 aliphatic rings. The standard InChI is InChI=1S/C37H70O9SSi/c1-7-12-15-18-21-25-33(38)43-36(10-4)30-41-48(42-31-36,29-24-28-47)46-32(6)37(11-5,44-34(39)26-22-19-16-13-8-2)45-35(40)27-23-20-17-14-9-3/h32,47H,7-31H2,1-6H3. The summed E-state index contributed by atoms with van der Waals surface area (Å²) in [6.07, 6.45) is 16.6. The van der Waals surface area contributed by atoms with E-state index in [0.717, 1.165) is 77.0 Å². The summed E-state index contributed by atoms with van der Waals surface area (Å²) in [5, 5.41) is 0. The topological polar surface area (TPSA) is 107 Å². The van der Waals surface area contributed by atoms with E-state index in [1.807, 2.05) is 13.8 Å². The summed E-state index contributed by atoms with van der Waals surface area (Å²) in [6, 6.07) is 0.475. The number of carbonyl (C=O) groups is 3. The van der Waals surface area contributed by atoms with Crippen LogP contribution in [0.4, 0.5) is 0 Å². The van der Waals surface area contributed by atoms with Crippen LogP contribution in [0.25, 0.3) is 0 Å². The van der Waals surface area contributed by atoms with Crippen LogP contribution >= 0.6 is 12.6 Å². The van der Waals surface area contributed by atoms with Crippen molar-refractivity contribution >= 4 is 39.3 Å². The maximum absolute atomic E-state index is 13.2. The monoisotopic (exact) mass is 718 g/mol. The average molecular weight is 719 g/mol. The first-order chi connectivity index (χ1) is 23.1. The smallest absolute Gasteiger partial charge is 0.454 e. The van der Waals surface area contributed by atoms with E-state index >= 15 is 0 Å². The van der Waals surface area contributed by atoms with Crippen LogP contribution in [0.3, 0.4) is 0 Å². The highest BCUT2D eigenvalue weighted by molar-refractivity contribution is 7.80. The number of hydrogen-bond acceptors (Lipinski definition) is 10. The third-order valence-electron chi connectivity index (χ3n) is 9.22. The third kappa shape index (κ3) is 17.2. The van der Waals surface area contributed by atoms with Crippen LogP contribution in [0.2, 0.25) is 6.04 Å². The van der Waals surface area contributed by atoms with E-state index in [4.69, 9.17) is 27.5 Å². The molecule has 9 nitrogen and oxygen atoms in total. The number of thiol groups is 1. The van der Waals surface area contributed by atoms with Crippen LogP contribution in [0.5, 0.6) is 0 Å². The molecule has 0 saturated carbocycles. The Kier molecular flexibility index (Phi) is 24.1. The zero-order valence-electron chi connectivity index (χ0n) is 31.4. The third-order valence-corrected chi connectivity index (χ3v) is 12.4. The van der Waals surface area contributed by atoms with Gasteiger partial charge in [0, 0.05) is 31.7 Å². The van der Waals surface area contributed by atoms with Gasteiger partial charge in [0.2, 0.25) is 0 Å². The van der Waals surface area contributed by atoms with Gasteiger partial charge in [-0.1, -0.05) is 112 Å². The van der Waals surface area contributed by atoms with Crippen LogP contribution < -0.4 is 0 Å². The lowest BCUT2D eigenvalue weighted by Crippen LogP contribution is -2.63. The highest BCUT2D eigenvalue weighted by Crippen LogP contribution is 2.36. The fourth-order valence-corrected chi connectivity index (χ4v) is 9.22. The summed E-state index contributed by atoms with van der Waals surface area (Å²) in [6.45, 7) is 12.3. The minimum atomic E-state index is -3.39. The van der Waals surface area contributed by atoms with Gasteiger partial charge in [-0.15, -0.1) is 0 Å². The molecular formula is C37H70O9SSi. The average Bonchev–Trinajstić information content (AvgIpc) is 3.07. The maximum Gasteiger partial charge on any atom is 0.501 e. The predicted octanol–water partition coefficient (Wildman–Crippen LogP) is 9.66. The number of carbonyl (C=O) groups excluding carboxylic acids is 3. The van der Waals surface area contributed by atoms with Crippen molar-refractivity contribution in [3.63, 3.8) is 0 Å². The Balaban J connectivity index is 3.09. The quantitative estimate of drug-likeness (QED) is 0.0266. The van der Waals surface area contributed by atoms with E-state index in [2.05, 4.69) is 33.4 Å². The van der Waals surface area contributed by atoms with Gasteiger partial charge in [0.1, 0.15) is 6.10 Å². The van der Waals surface area contributed by atoms with Gasteiger partial charge < -0.3 is 27.5 Å². The van der Waals surface area contributed by atoms with Crippen molar-refractivity contribution in [2.75, 3.05) is 19.0 Å². The first kappa shape index (κ1) is 44.9. The molecule has 0 N–H and O–H groups in total. The molecule has 0 radical (unpaired) electrons. The second-order valence-electron chi connectivity index (χ2n) is 13.5. The molecule has 0 spiro atoms. The molecule has 0 aromatic heterocycles. The van der Waals surface area contributed by atoms with Gasteiger partial charge in [-0.3, -0.25) is 14.4 Å². The lowest BCUT2D eigenvalue weighted by Gasteiger charge is -2.46. The molecule has 1 fully saturated rings. The largest absolute Gasteiger partial charge is 0.501 e. The number of esters is 3. The second kappa shape index (κ2) is 25.8. The lowest BCUT2D eigenvalue weighted by atomic mass is 10.0. The number of ether oxygens (including phenoxy) is 3. The molecule has 1 rings (SSSR count). The first-order valence-electron chi connectivity index (χ1n) is 19.3. The summed E-state index contributed by atoms with van der Waals surface area (Å²) in [5.74, 6) is -2.10. The zero-order valence-corrected chi connectivity index (χ0v) is 33.3. The first-order valence-corrected chi connectivity index (χ1v) is 21.9. The van der Waals surface area contributed by atoms with E-state index in [9.17, 15) is 14.4 Å². The minimum absolute atomic E-state index is 0.144. The van der Waals surface area contributed by atoms with E-state index in [1.54, 1.807) is 6.92 Å². The molecule has 0 amide bonds. The van der Waals surface area contributed by atoms with Crippen molar-refractivity contribution in [2.24, 2.45) is 0 Å². The Labute approximate surface area is 299 Å². The highest BCUT2D eigenvalue weighted by Gasteiger charge is 2.55. The number of hydrogen-bond donors (Lipinski definition) is 1. The zero-order chi connectivity index (χ0) is 35.7. The van der Waals surface area contributed by atoms with E-state index < -0.39 is 38.2 Å². The Morgan fingerprint density at radius 3 is 1.52 bits per heavy atom. The highest BCUT2D eigenvalue weighted by atomic mass is 32.1. The van der Waals surface area contributed by atoms with Gasteiger partial charge in [-0.05, 0) is 44.8 Å². The van der Waals surface area contributed by atoms with Crippen molar-refractivity contribution in [2.45, 2.75) is 200 Å². The second-order valence-corrected chi connectivity index (χ2v) is 16.6. The number of rotatable bonds is 29. The van der Waals surface area contributed by atoms with Gasteiger partial charge >= 0.3 is 26.7 Å². The summed E-state index contributed by atoms with van der Waals surface area (Å²) in [4.78, 5) is 39.2. The summed E-state index contributed by atoms with van der Waals surface area (Å²) >= 11 is 4.42. The summed E-state index contributed by atoms with van der Waals surface area (Å²) in [7, 11) is -3.39. The SMILES string of the molecule is CCCCCCCC(=O)OC1(CC)CO[Si](CCCS)(OC(C)C(CC)(OC(=O)CCCCCCC)OC(=O)CCCCCCC)OC1. The van der Waals surface area contributed by atoms with Gasteiger partial charge in [0.05, 0.1) is 13.2 Å². The maximum atomic E-state index is 13.2. The Hall–Kier alpha value is -1.14. The lowest BCUT2D eigenvalue weighted by molar-refractivity contribution is -0.263. The van der Waals surface area contributed by atoms with Gasteiger partial charge in [0.25, 0.3) is 5.79 Å².